The van der Waals surface area contributed by atoms with Crippen molar-refractivity contribution in [3.8, 4) is 0 Å². The van der Waals surface area contributed by atoms with Gasteiger partial charge < -0.3 is 9.42 Å². The van der Waals surface area contributed by atoms with Gasteiger partial charge >= 0.3 is 0 Å². The number of hydrogen-bond donors (Lipinski definition) is 0. The number of fused-ring (bicyclic) bond motifs is 1. The van der Waals surface area contributed by atoms with E-state index in [4.69, 9.17) is 9.51 Å². The van der Waals surface area contributed by atoms with Crippen LogP contribution >= 0.6 is 0 Å². The molecule has 0 N–H and O–H groups in total. The molecule has 1 amide bonds. The van der Waals surface area contributed by atoms with Gasteiger partial charge in [-0.3, -0.25) is 9.78 Å². The third-order valence-electron chi connectivity index (χ3n) is 5.58. The number of rotatable bonds is 3. The number of likely N-dealkylation sites (tertiary alicyclic amines) is 1. The Hall–Kier alpha value is -2.76. The number of benzene rings is 1. The van der Waals surface area contributed by atoms with Gasteiger partial charge in [0.2, 0.25) is 5.89 Å². The van der Waals surface area contributed by atoms with Crippen LogP contribution in [-0.2, 0) is 0 Å². The highest BCUT2D eigenvalue weighted by molar-refractivity contribution is 6.06. The van der Waals surface area contributed by atoms with E-state index in [2.05, 4.69) is 10.1 Å². The zero-order valence-electron chi connectivity index (χ0n) is 15.4. The molecule has 1 aliphatic carbocycles. The number of carbonyl (C=O) groups is 1. The molecule has 2 aliphatic rings. The van der Waals surface area contributed by atoms with Crippen LogP contribution in [0.15, 0.2) is 34.9 Å². The van der Waals surface area contributed by atoms with Crippen LogP contribution in [0.4, 0.5) is 0 Å². The molecule has 138 valence electrons. The molecule has 0 spiro atoms. The van der Waals surface area contributed by atoms with Crippen LogP contribution < -0.4 is 0 Å². The van der Waals surface area contributed by atoms with Gasteiger partial charge in [0.15, 0.2) is 5.82 Å². The summed E-state index contributed by atoms with van der Waals surface area (Å²) in [6.45, 7) is 3.19. The largest absolute Gasteiger partial charge is 0.340 e. The predicted molar refractivity (Wildman–Crippen MR) is 101 cm³/mol. The van der Waals surface area contributed by atoms with Gasteiger partial charge in [-0.25, -0.2) is 0 Å². The fourth-order valence-corrected chi connectivity index (χ4v) is 3.98. The van der Waals surface area contributed by atoms with Gasteiger partial charge in [-0.05, 0) is 37.8 Å². The van der Waals surface area contributed by atoms with E-state index in [0.717, 1.165) is 41.5 Å². The molecule has 3 aromatic rings. The molecular weight excluding hydrogens is 340 g/mol. The third kappa shape index (κ3) is 3.09. The molecular formula is C21H22N4O2. The van der Waals surface area contributed by atoms with Crippen LogP contribution in [0, 0.1) is 6.92 Å². The highest BCUT2D eigenvalue weighted by Crippen LogP contribution is 2.40. The second kappa shape index (κ2) is 6.44. The van der Waals surface area contributed by atoms with Gasteiger partial charge in [-0.15, -0.1) is 0 Å². The van der Waals surface area contributed by atoms with Gasteiger partial charge in [0.25, 0.3) is 5.91 Å². The fourth-order valence-electron chi connectivity index (χ4n) is 3.98. The number of hydrogen-bond acceptors (Lipinski definition) is 5. The number of para-hydroxylation sites is 1. The van der Waals surface area contributed by atoms with Crippen LogP contribution in [0.25, 0.3) is 10.9 Å². The Labute approximate surface area is 157 Å². The van der Waals surface area contributed by atoms with E-state index in [0.29, 0.717) is 24.2 Å². The SMILES string of the molecule is Cc1nc([C@H]2CCCN(C(=O)c3cc(C4CC4)nc4ccccc34)C2)no1. The summed E-state index contributed by atoms with van der Waals surface area (Å²) in [4.78, 5) is 24.5. The Kier molecular flexibility index (Phi) is 3.92. The summed E-state index contributed by atoms with van der Waals surface area (Å²) >= 11 is 0. The van der Waals surface area contributed by atoms with Crippen molar-refractivity contribution in [1.82, 2.24) is 20.0 Å². The average Bonchev–Trinajstić information content (AvgIpc) is 3.47. The number of carbonyl (C=O) groups excluding carboxylic acids is 1. The lowest BCUT2D eigenvalue weighted by Crippen LogP contribution is -2.39. The maximum absolute atomic E-state index is 13.4. The third-order valence-corrected chi connectivity index (χ3v) is 5.58. The molecule has 0 bridgehead atoms. The minimum Gasteiger partial charge on any atom is -0.340 e. The number of aromatic nitrogens is 3. The monoisotopic (exact) mass is 362 g/mol. The van der Waals surface area contributed by atoms with Crippen molar-refractivity contribution in [1.29, 1.82) is 0 Å². The van der Waals surface area contributed by atoms with E-state index >= 15 is 0 Å². The van der Waals surface area contributed by atoms with Crippen molar-refractivity contribution in [2.45, 2.75) is 44.4 Å². The second-order valence-corrected chi connectivity index (χ2v) is 7.65. The number of amides is 1. The van der Waals surface area contributed by atoms with Crippen molar-refractivity contribution in [2.75, 3.05) is 13.1 Å². The van der Waals surface area contributed by atoms with Crippen molar-refractivity contribution in [3.05, 3.63) is 53.3 Å². The number of aryl methyl sites for hydroxylation is 1. The van der Waals surface area contributed by atoms with E-state index in [1.54, 1.807) is 6.92 Å². The Morgan fingerprint density at radius 2 is 2.00 bits per heavy atom. The molecule has 6 heteroatoms. The van der Waals surface area contributed by atoms with Crippen LogP contribution in [0.1, 0.15) is 65.3 Å². The molecule has 27 heavy (non-hydrogen) atoms. The first-order valence-corrected chi connectivity index (χ1v) is 9.68. The van der Waals surface area contributed by atoms with Gasteiger partial charge in [-0.1, -0.05) is 23.4 Å². The zero-order valence-corrected chi connectivity index (χ0v) is 15.4. The number of pyridine rings is 1. The van der Waals surface area contributed by atoms with Gasteiger partial charge in [-0.2, -0.15) is 4.98 Å². The topological polar surface area (TPSA) is 72.1 Å². The molecule has 1 saturated heterocycles. The van der Waals surface area contributed by atoms with Crippen LogP contribution in [0.5, 0.6) is 0 Å². The Morgan fingerprint density at radius 3 is 2.78 bits per heavy atom. The maximum atomic E-state index is 13.4. The number of piperidine rings is 1. The average molecular weight is 362 g/mol. The molecule has 3 heterocycles. The summed E-state index contributed by atoms with van der Waals surface area (Å²) < 4.78 is 5.13. The summed E-state index contributed by atoms with van der Waals surface area (Å²) in [6.07, 6.45) is 4.26. The van der Waals surface area contributed by atoms with E-state index in [9.17, 15) is 4.79 Å². The Balaban J connectivity index is 1.48. The molecule has 0 radical (unpaired) electrons. The lowest BCUT2D eigenvalue weighted by atomic mass is 9.96. The van der Waals surface area contributed by atoms with Gasteiger partial charge in [0.1, 0.15) is 0 Å². The predicted octanol–water partition coefficient (Wildman–Crippen LogP) is 3.82. The number of nitrogens with zero attached hydrogens (tertiary/aromatic N) is 4. The minimum atomic E-state index is 0.0837. The summed E-state index contributed by atoms with van der Waals surface area (Å²) in [5.41, 5.74) is 2.74. The minimum absolute atomic E-state index is 0.0837. The van der Waals surface area contributed by atoms with E-state index in [-0.39, 0.29) is 11.8 Å². The molecule has 1 aliphatic heterocycles. The van der Waals surface area contributed by atoms with Crippen molar-refractivity contribution in [2.24, 2.45) is 0 Å². The lowest BCUT2D eigenvalue weighted by Gasteiger charge is -2.31. The summed E-state index contributed by atoms with van der Waals surface area (Å²) in [5, 5.41) is 5.00. The maximum Gasteiger partial charge on any atom is 0.254 e. The molecule has 1 aromatic carbocycles. The Bertz CT molecular complexity index is 1010. The fraction of sp³-hybridized carbons (Fsp3) is 0.429. The molecule has 1 atom stereocenters. The van der Waals surface area contributed by atoms with Crippen molar-refractivity contribution < 1.29 is 9.32 Å². The van der Waals surface area contributed by atoms with Crippen LogP contribution in [0.3, 0.4) is 0 Å². The second-order valence-electron chi connectivity index (χ2n) is 7.65. The Morgan fingerprint density at radius 1 is 1.15 bits per heavy atom. The van der Waals surface area contributed by atoms with E-state index in [1.165, 1.54) is 12.8 Å². The first-order chi connectivity index (χ1) is 13.2. The van der Waals surface area contributed by atoms with E-state index in [1.807, 2.05) is 35.2 Å². The van der Waals surface area contributed by atoms with Gasteiger partial charge in [0.05, 0.1) is 11.1 Å². The molecule has 2 fully saturated rings. The smallest absolute Gasteiger partial charge is 0.254 e. The molecule has 1 saturated carbocycles. The van der Waals surface area contributed by atoms with Crippen molar-refractivity contribution in [3.63, 3.8) is 0 Å². The lowest BCUT2D eigenvalue weighted by molar-refractivity contribution is 0.0705. The standard InChI is InChI=1S/C21H22N4O2/c1-13-22-20(24-27-13)15-5-4-10-25(12-15)21(26)17-11-19(14-8-9-14)23-18-7-3-2-6-16(17)18/h2-3,6-7,11,14-15H,4-5,8-10,12H2,1H3/t15-/m0/s1. The van der Waals surface area contributed by atoms with Gasteiger partial charge in [0, 0.05) is 42.9 Å². The zero-order chi connectivity index (χ0) is 18.4. The molecule has 2 aromatic heterocycles. The highest BCUT2D eigenvalue weighted by Gasteiger charge is 2.31. The normalized spacial score (nSPS) is 20.2. The molecule has 0 unspecified atom stereocenters. The summed E-state index contributed by atoms with van der Waals surface area (Å²) in [5.74, 6) is 2.01. The summed E-state index contributed by atoms with van der Waals surface area (Å²) in [7, 11) is 0. The van der Waals surface area contributed by atoms with Crippen LogP contribution in [0.2, 0.25) is 0 Å². The molecule has 6 nitrogen and oxygen atoms in total. The summed E-state index contributed by atoms with van der Waals surface area (Å²) in [6, 6.07) is 9.97. The first-order valence-electron chi connectivity index (χ1n) is 9.68. The first kappa shape index (κ1) is 16.4. The quantitative estimate of drug-likeness (QED) is 0.708. The van der Waals surface area contributed by atoms with Crippen LogP contribution in [-0.4, -0.2) is 39.0 Å². The molecule has 5 rings (SSSR count). The van der Waals surface area contributed by atoms with E-state index < -0.39 is 0 Å². The highest BCUT2D eigenvalue weighted by atomic mass is 16.5. The van der Waals surface area contributed by atoms with Crippen molar-refractivity contribution >= 4 is 16.8 Å².